The van der Waals surface area contributed by atoms with Gasteiger partial charge in [-0.25, -0.2) is 4.98 Å². The molecule has 1 aliphatic heterocycles. The number of carbonyl (C=O) groups excluding carboxylic acids is 1. The van der Waals surface area contributed by atoms with Crippen molar-refractivity contribution in [1.82, 2.24) is 9.55 Å². The van der Waals surface area contributed by atoms with Crippen molar-refractivity contribution >= 4 is 37.6 Å². The summed E-state index contributed by atoms with van der Waals surface area (Å²) in [5.41, 5.74) is 0.352. The summed E-state index contributed by atoms with van der Waals surface area (Å²) in [6.45, 7) is 0.242. The molecule has 0 saturated carbocycles. The van der Waals surface area contributed by atoms with Crippen molar-refractivity contribution in [3.05, 3.63) is 39.3 Å². The lowest BCUT2D eigenvalue weighted by molar-refractivity contribution is 0.0839. The third-order valence-corrected chi connectivity index (χ3v) is 4.36. The molecule has 3 rings (SSSR count). The summed E-state index contributed by atoms with van der Waals surface area (Å²) in [6.07, 6.45) is 4.89. The number of carbonyl (C=O) groups is 1. The van der Waals surface area contributed by atoms with Crippen LogP contribution in [0.25, 0.3) is 0 Å². The molecule has 0 fully saturated rings. The first-order chi connectivity index (χ1) is 9.09. The van der Waals surface area contributed by atoms with Crippen molar-refractivity contribution in [2.75, 3.05) is 6.61 Å². The lowest BCUT2D eigenvalue weighted by Crippen LogP contribution is -2.30. The minimum Gasteiger partial charge on any atom is -0.506 e. The number of ketones is 1. The first kappa shape index (κ1) is 12.7. The van der Waals surface area contributed by atoms with E-state index in [1.807, 2.05) is 0 Å². The predicted octanol–water partition coefficient (Wildman–Crippen LogP) is 2.93. The number of rotatable bonds is 1. The zero-order valence-corrected chi connectivity index (χ0v) is 12.7. The van der Waals surface area contributed by atoms with Crippen LogP contribution >= 0.6 is 31.9 Å². The molecule has 0 spiro atoms. The van der Waals surface area contributed by atoms with E-state index in [1.54, 1.807) is 29.4 Å². The largest absolute Gasteiger partial charge is 0.506 e. The molecule has 98 valence electrons. The number of phenolic OH excluding ortho intramolecular Hbond substituents is 1. The van der Waals surface area contributed by atoms with Gasteiger partial charge in [0.25, 0.3) is 0 Å². The number of aromatic nitrogens is 2. The molecular weight excluding hydrogens is 380 g/mol. The van der Waals surface area contributed by atoms with Gasteiger partial charge in [0.05, 0.1) is 20.8 Å². The summed E-state index contributed by atoms with van der Waals surface area (Å²) in [4.78, 5) is 16.4. The Kier molecular flexibility index (Phi) is 3.10. The summed E-state index contributed by atoms with van der Waals surface area (Å²) in [6, 6.07) is 1.13. The van der Waals surface area contributed by atoms with E-state index in [-0.39, 0.29) is 18.1 Å². The highest BCUT2D eigenvalue weighted by Gasteiger charge is 2.33. The molecule has 1 aliphatic rings. The number of halogens is 2. The van der Waals surface area contributed by atoms with Crippen LogP contribution in [0.4, 0.5) is 0 Å². The molecule has 0 aliphatic carbocycles. The topological polar surface area (TPSA) is 64.3 Å². The van der Waals surface area contributed by atoms with Crippen molar-refractivity contribution in [1.29, 1.82) is 0 Å². The number of hydrogen-bond acceptors (Lipinski definition) is 4. The molecule has 1 N–H and O–H groups in total. The third kappa shape index (κ3) is 1.97. The van der Waals surface area contributed by atoms with Crippen molar-refractivity contribution < 1.29 is 14.6 Å². The van der Waals surface area contributed by atoms with Gasteiger partial charge in [0.1, 0.15) is 24.1 Å². The molecule has 1 aromatic heterocycles. The Morgan fingerprint density at radius 2 is 2.26 bits per heavy atom. The second kappa shape index (κ2) is 4.64. The third-order valence-electron chi connectivity index (χ3n) is 2.99. The van der Waals surface area contributed by atoms with Crippen LogP contribution in [-0.2, 0) is 0 Å². The second-order valence-corrected chi connectivity index (χ2v) is 5.74. The van der Waals surface area contributed by atoms with E-state index >= 15 is 0 Å². The molecule has 5 nitrogen and oxygen atoms in total. The van der Waals surface area contributed by atoms with Crippen LogP contribution in [0.2, 0.25) is 0 Å². The number of imidazole rings is 1. The van der Waals surface area contributed by atoms with E-state index in [1.165, 1.54) is 0 Å². The van der Waals surface area contributed by atoms with Gasteiger partial charge < -0.3 is 14.4 Å². The fraction of sp³-hybridized carbons (Fsp3) is 0.167. The first-order valence-electron chi connectivity index (χ1n) is 5.45. The van der Waals surface area contributed by atoms with Gasteiger partial charge in [-0.3, -0.25) is 4.79 Å². The van der Waals surface area contributed by atoms with E-state index < -0.39 is 6.04 Å². The molecule has 2 heterocycles. The number of fused-ring (bicyclic) bond motifs is 1. The smallest absolute Gasteiger partial charge is 0.194 e. The van der Waals surface area contributed by atoms with Gasteiger partial charge in [-0.1, -0.05) is 0 Å². The van der Waals surface area contributed by atoms with E-state index in [0.717, 1.165) is 0 Å². The van der Waals surface area contributed by atoms with Crippen molar-refractivity contribution in [3.63, 3.8) is 0 Å². The monoisotopic (exact) mass is 386 g/mol. The predicted molar refractivity (Wildman–Crippen MR) is 74.6 cm³/mol. The summed E-state index contributed by atoms with van der Waals surface area (Å²) >= 11 is 6.45. The van der Waals surface area contributed by atoms with Gasteiger partial charge >= 0.3 is 0 Å². The van der Waals surface area contributed by atoms with Gasteiger partial charge in [0, 0.05) is 12.4 Å². The number of nitrogens with zero attached hydrogens (tertiary/aromatic N) is 2. The standard InChI is InChI=1S/C12H8Br2N2O3/c13-6-3-8-9(10(14)11(6)17)12(18)7(4-19-8)16-2-1-15-5-16/h1-3,5,7,17H,4H2. The lowest BCUT2D eigenvalue weighted by atomic mass is 10.0. The molecule has 0 saturated heterocycles. The maximum atomic E-state index is 12.5. The normalized spacial score (nSPS) is 18.0. The van der Waals surface area contributed by atoms with Crippen LogP contribution in [-0.4, -0.2) is 27.0 Å². The fourth-order valence-electron chi connectivity index (χ4n) is 2.02. The lowest BCUT2D eigenvalue weighted by Gasteiger charge is -2.26. The summed E-state index contributed by atoms with van der Waals surface area (Å²) in [7, 11) is 0. The van der Waals surface area contributed by atoms with Crippen LogP contribution in [0.1, 0.15) is 16.4 Å². The molecule has 1 atom stereocenters. The quantitative estimate of drug-likeness (QED) is 0.817. The average Bonchev–Trinajstić information content (AvgIpc) is 2.90. The van der Waals surface area contributed by atoms with Crippen LogP contribution in [0, 0.1) is 0 Å². The SMILES string of the molecule is O=C1c2c(cc(Br)c(O)c2Br)OCC1n1ccnc1. The van der Waals surface area contributed by atoms with E-state index in [2.05, 4.69) is 36.8 Å². The number of phenols is 1. The van der Waals surface area contributed by atoms with Gasteiger partial charge in [-0.05, 0) is 37.9 Å². The van der Waals surface area contributed by atoms with E-state index in [0.29, 0.717) is 20.3 Å². The number of benzene rings is 1. The highest BCUT2D eigenvalue weighted by atomic mass is 79.9. The highest BCUT2D eigenvalue weighted by Crippen LogP contribution is 2.43. The maximum absolute atomic E-state index is 12.5. The van der Waals surface area contributed by atoms with Crippen LogP contribution in [0.15, 0.2) is 33.7 Å². The van der Waals surface area contributed by atoms with Crippen molar-refractivity contribution in [2.45, 2.75) is 6.04 Å². The number of ether oxygens (including phenoxy) is 1. The maximum Gasteiger partial charge on any atom is 0.194 e. The number of aromatic hydroxyl groups is 1. The Morgan fingerprint density at radius 1 is 1.47 bits per heavy atom. The van der Waals surface area contributed by atoms with Gasteiger partial charge in [-0.15, -0.1) is 0 Å². The van der Waals surface area contributed by atoms with E-state index in [4.69, 9.17) is 4.74 Å². The highest BCUT2D eigenvalue weighted by molar-refractivity contribution is 9.11. The first-order valence-corrected chi connectivity index (χ1v) is 7.03. The Balaban J connectivity index is 2.11. The second-order valence-electron chi connectivity index (χ2n) is 4.10. The molecular formula is C12H8Br2N2O3. The molecule has 1 unspecified atom stereocenters. The van der Waals surface area contributed by atoms with E-state index in [9.17, 15) is 9.90 Å². The van der Waals surface area contributed by atoms with Crippen LogP contribution in [0.5, 0.6) is 11.5 Å². The minimum absolute atomic E-state index is 0.0121. The average molecular weight is 388 g/mol. The molecule has 0 radical (unpaired) electrons. The Morgan fingerprint density at radius 3 is 2.95 bits per heavy atom. The minimum atomic E-state index is -0.466. The molecule has 2 aromatic rings. The Hall–Kier alpha value is -1.34. The summed E-state index contributed by atoms with van der Waals surface area (Å²) < 4.78 is 8.12. The zero-order valence-electron chi connectivity index (χ0n) is 9.51. The molecule has 19 heavy (non-hydrogen) atoms. The zero-order chi connectivity index (χ0) is 13.6. The van der Waals surface area contributed by atoms with Crippen LogP contribution in [0.3, 0.4) is 0 Å². The Bertz CT molecular complexity index is 655. The molecule has 0 amide bonds. The molecule has 7 heteroatoms. The summed E-state index contributed by atoms with van der Waals surface area (Å²) in [5, 5.41) is 9.88. The summed E-state index contributed by atoms with van der Waals surface area (Å²) in [5.74, 6) is 0.328. The molecule has 0 bridgehead atoms. The Labute approximate surface area is 125 Å². The number of hydrogen-bond donors (Lipinski definition) is 1. The van der Waals surface area contributed by atoms with Gasteiger partial charge in [0.15, 0.2) is 5.78 Å². The molecule has 1 aromatic carbocycles. The van der Waals surface area contributed by atoms with Gasteiger partial charge in [-0.2, -0.15) is 0 Å². The van der Waals surface area contributed by atoms with Crippen molar-refractivity contribution in [2.24, 2.45) is 0 Å². The fourth-order valence-corrected chi connectivity index (χ4v) is 3.29. The van der Waals surface area contributed by atoms with Crippen LogP contribution < -0.4 is 4.74 Å². The van der Waals surface area contributed by atoms with Crippen molar-refractivity contribution in [3.8, 4) is 11.5 Å². The number of Topliss-reactive ketones (excluding diaryl/α,β-unsaturated/α-hetero) is 1. The van der Waals surface area contributed by atoms with Gasteiger partial charge in [0.2, 0.25) is 0 Å².